The molecule has 29 heavy (non-hydrogen) atoms. The van der Waals surface area contributed by atoms with Crippen LogP contribution in [0.15, 0.2) is 42.6 Å². The first-order chi connectivity index (χ1) is 13.7. The topological polar surface area (TPSA) is 71.1 Å². The molecule has 1 aromatic carbocycles. The molecule has 1 atom stereocenters. The Kier molecular flexibility index (Phi) is 8.81. The third-order valence-corrected chi connectivity index (χ3v) is 5.27. The molecule has 2 amide bonds. The molecule has 1 heterocycles. The molecule has 0 aliphatic rings. The summed E-state index contributed by atoms with van der Waals surface area (Å²) in [5.74, 6) is -1.35. The quantitative estimate of drug-likeness (QED) is 0.457. The van der Waals surface area contributed by atoms with E-state index in [4.69, 9.17) is 11.6 Å². The van der Waals surface area contributed by atoms with Crippen LogP contribution in [0.5, 0.6) is 0 Å². The Labute approximate surface area is 179 Å². The Bertz CT molecular complexity index is 868. The highest BCUT2D eigenvalue weighted by Gasteiger charge is 2.34. The third kappa shape index (κ3) is 6.91. The monoisotopic (exact) mass is 463 g/mol. The van der Waals surface area contributed by atoms with Crippen molar-refractivity contribution in [3.8, 4) is 0 Å². The number of pyridine rings is 1. The first-order valence-corrected chi connectivity index (χ1v) is 10.8. The van der Waals surface area contributed by atoms with Crippen LogP contribution in [0, 0.1) is 0 Å². The number of carbonyl (C=O) groups excluding carboxylic acids is 2. The number of thioether (sulfide) groups is 1. The third-order valence-electron chi connectivity index (χ3n) is 3.68. The lowest BCUT2D eigenvalue weighted by atomic mass is 9.93. The summed E-state index contributed by atoms with van der Waals surface area (Å²) in [6.45, 7) is 0.538. The Hall–Kier alpha value is -1.75. The minimum atomic E-state index is -4.61. The van der Waals surface area contributed by atoms with Crippen LogP contribution in [0.25, 0.3) is 0 Å². The van der Waals surface area contributed by atoms with Crippen LogP contribution in [-0.2, 0) is 11.0 Å². The van der Waals surface area contributed by atoms with Crippen molar-refractivity contribution in [1.29, 1.82) is 0 Å². The number of benzene rings is 1. The van der Waals surface area contributed by atoms with E-state index in [1.165, 1.54) is 12.1 Å². The van der Waals surface area contributed by atoms with Crippen molar-refractivity contribution in [2.45, 2.75) is 12.1 Å². The van der Waals surface area contributed by atoms with Crippen molar-refractivity contribution in [2.24, 2.45) is 0 Å². The molecule has 2 rings (SSSR count). The van der Waals surface area contributed by atoms with Gasteiger partial charge in [0.2, 0.25) is 5.91 Å². The Morgan fingerprint density at radius 2 is 1.97 bits per heavy atom. The highest BCUT2D eigenvalue weighted by molar-refractivity contribution is 8.12. The van der Waals surface area contributed by atoms with E-state index in [2.05, 4.69) is 15.0 Å². The van der Waals surface area contributed by atoms with E-state index < -0.39 is 28.8 Å². The maximum atomic E-state index is 13.1. The molecule has 2 aromatic rings. The number of hydrogen-bond donors (Lipinski definition) is 2. The van der Waals surface area contributed by atoms with E-state index in [1.807, 2.05) is 6.26 Å². The van der Waals surface area contributed by atoms with E-state index in [0.717, 1.165) is 24.1 Å². The number of halogens is 4. The van der Waals surface area contributed by atoms with Gasteiger partial charge in [0.25, 0.3) is 0 Å². The molecule has 0 fully saturated rings. The fourth-order valence-corrected chi connectivity index (χ4v) is 3.55. The summed E-state index contributed by atoms with van der Waals surface area (Å²) in [6.07, 6.45) is -1.73. The Balaban J connectivity index is 2.31. The fraction of sp³-hybridized carbons (Fsp3) is 0.278. The van der Waals surface area contributed by atoms with Gasteiger partial charge in [-0.25, -0.2) is 0 Å². The number of nitrogens with zero attached hydrogens (tertiary/aromatic N) is 1. The molecule has 0 radical (unpaired) electrons. The van der Waals surface area contributed by atoms with Gasteiger partial charge < -0.3 is 0 Å². The van der Waals surface area contributed by atoms with Crippen LogP contribution in [0.4, 0.5) is 18.0 Å². The van der Waals surface area contributed by atoms with Gasteiger partial charge in [0, 0.05) is 35.5 Å². The molecule has 0 spiro atoms. The average molecular weight is 464 g/mol. The predicted octanol–water partition coefficient (Wildman–Crippen LogP) is 4.72. The molecule has 0 aliphatic carbocycles. The largest absolute Gasteiger partial charge is 0.416 e. The number of hydrogen-bond acceptors (Lipinski definition) is 6. The number of alkyl halides is 3. The van der Waals surface area contributed by atoms with Crippen molar-refractivity contribution in [2.75, 3.05) is 18.6 Å². The summed E-state index contributed by atoms with van der Waals surface area (Å²) in [7, 11) is 0. The van der Waals surface area contributed by atoms with Crippen LogP contribution in [0.3, 0.4) is 0 Å². The normalized spacial score (nSPS) is 12.4. The Morgan fingerprint density at radius 1 is 1.24 bits per heavy atom. The summed E-state index contributed by atoms with van der Waals surface area (Å²) in [4.78, 5) is 28.8. The summed E-state index contributed by atoms with van der Waals surface area (Å²) in [6, 6.07) is 7.81. The highest BCUT2D eigenvalue weighted by Crippen LogP contribution is 2.34. The number of rotatable bonds is 7. The van der Waals surface area contributed by atoms with Crippen molar-refractivity contribution in [3.05, 3.63) is 64.4 Å². The maximum Gasteiger partial charge on any atom is 0.416 e. The molecule has 0 bridgehead atoms. The first-order valence-electron chi connectivity index (χ1n) is 8.25. The van der Waals surface area contributed by atoms with Gasteiger partial charge in [0.15, 0.2) is 0 Å². The van der Waals surface area contributed by atoms with Gasteiger partial charge >= 0.3 is 11.4 Å². The molecular formula is C18H17ClF3N3O2S2. The second-order valence-electron chi connectivity index (χ2n) is 5.69. The molecule has 2 N–H and O–H groups in total. The summed E-state index contributed by atoms with van der Waals surface area (Å²) >= 11 is 8.44. The highest BCUT2D eigenvalue weighted by atomic mass is 35.5. The van der Waals surface area contributed by atoms with E-state index in [9.17, 15) is 22.8 Å². The lowest BCUT2D eigenvalue weighted by Gasteiger charge is -2.18. The zero-order valence-electron chi connectivity index (χ0n) is 15.1. The van der Waals surface area contributed by atoms with Crippen molar-refractivity contribution >= 4 is 46.5 Å². The average Bonchev–Trinajstić information content (AvgIpc) is 2.66. The predicted molar refractivity (Wildman–Crippen MR) is 110 cm³/mol. The maximum absolute atomic E-state index is 13.1. The van der Waals surface area contributed by atoms with Crippen molar-refractivity contribution in [1.82, 2.24) is 15.0 Å². The fourth-order valence-electron chi connectivity index (χ4n) is 2.39. The summed E-state index contributed by atoms with van der Waals surface area (Å²) in [5, 5.41) is 1.67. The van der Waals surface area contributed by atoms with Gasteiger partial charge in [-0.3, -0.25) is 24.6 Å². The van der Waals surface area contributed by atoms with Gasteiger partial charge in [-0.2, -0.15) is 24.9 Å². The van der Waals surface area contributed by atoms with E-state index in [1.54, 1.807) is 23.9 Å². The van der Waals surface area contributed by atoms with E-state index in [-0.39, 0.29) is 16.3 Å². The molecule has 1 unspecified atom stereocenters. The molecule has 0 saturated heterocycles. The van der Waals surface area contributed by atoms with Gasteiger partial charge in [-0.05, 0) is 30.0 Å². The van der Waals surface area contributed by atoms with Crippen molar-refractivity contribution < 1.29 is 22.8 Å². The molecule has 0 aliphatic heterocycles. The summed E-state index contributed by atoms with van der Waals surface area (Å²) in [5.41, 5.74) is -0.878. The first kappa shape index (κ1) is 23.5. The number of aromatic nitrogens is 1. The molecular weight excluding hydrogens is 447 g/mol. The lowest BCUT2D eigenvalue weighted by Crippen LogP contribution is -2.34. The van der Waals surface area contributed by atoms with Crippen LogP contribution in [0.2, 0.25) is 5.02 Å². The van der Waals surface area contributed by atoms with E-state index >= 15 is 0 Å². The number of imide groups is 1. The second-order valence-corrected chi connectivity index (χ2v) is 7.94. The van der Waals surface area contributed by atoms with Gasteiger partial charge in [0.1, 0.15) is 5.92 Å². The number of amides is 2. The second kappa shape index (κ2) is 10.9. The minimum Gasteiger partial charge on any atom is -0.285 e. The molecule has 5 nitrogen and oxygen atoms in total. The lowest BCUT2D eigenvalue weighted by molar-refractivity contribution is -0.137. The standard InChI is InChI=1S/C18H17ClF3N3O2S2/c1-28-9-8-24-29-17(27)25-16(26)15(12-4-2-3-5-13(12)19)14-10-11(6-7-23-14)18(20,21)22/h2-7,10,15,24H,8-9H2,1H3,(H,25,26,27). The van der Waals surface area contributed by atoms with Crippen molar-refractivity contribution in [3.63, 3.8) is 0 Å². The molecule has 0 saturated carbocycles. The number of carbonyl (C=O) groups is 2. The zero-order valence-corrected chi connectivity index (χ0v) is 17.5. The summed E-state index contributed by atoms with van der Waals surface area (Å²) < 4.78 is 42.1. The van der Waals surface area contributed by atoms with Crippen LogP contribution < -0.4 is 10.0 Å². The van der Waals surface area contributed by atoms with Gasteiger partial charge in [-0.1, -0.05) is 29.8 Å². The van der Waals surface area contributed by atoms with Crippen LogP contribution in [0.1, 0.15) is 22.7 Å². The molecule has 11 heteroatoms. The SMILES string of the molecule is CSCCNSC(=O)NC(=O)C(c1cc(C(F)(F)F)ccn1)c1ccccc1Cl. The zero-order chi connectivity index (χ0) is 21.4. The molecule has 156 valence electrons. The van der Waals surface area contributed by atoms with Gasteiger partial charge in [-0.15, -0.1) is 0 Å². The van der Waals surface area contributed by atoms with Crippen LogP contribution >= 0.6 is 35.3 Å². The Morgan fingerprint density at radius 3 is 2.62 bits per heavy atom. The van der Waals surface area contributed by atoms with E-state index in [0.29, 0.717) is 18.5 Å². The number of nitrogens with one attached hydrogen (secondary N) is 2. The van der Waals surface area contributed by atoms with Gasteiger partial charge in [0.05, 0.1) is 11.3 Å². The minimum absolute atomic E-state index is 0.168. The smallest absolute Gasteiger partial charge is 0.285 e. The molecule has 1 aromatic heterocycles. The van der Waals surface area contributed by atoms with Crippen LogP contribution in [-0.4, -0.2) is 34.7 Å².